The standard InChI is InChI=1S/C28H22N2O3/c1-18-14-16-20(17-15-18)25-26(29-22-11-5-6-13-24(22)33-2)28(32)30(27(25)31)23-12-7-9-19-8-3-4-10-21(19)23/h3-17,29H,1-2H3. The van der Waals surface area contributed by atoms with Gasteiger partial charge in [-0.2, -0.15) is 0 Å². The number of hydrogen-bond donors (Lipinski definition) is 1. The molecule has 0 radical (unpaired) electrons. The van der Waals surface area contributed by atoms with E-state index in [2.05, 4.69) is 5.32 Å². The van der Waals surface area contributed by atoms with Crippen LogP contribution in [-0.2, 0) is 9.59 Å². The highest BCUT2D eigenvalue weighted by Gasteiger charge is 2.41. The molecule has 0 saturated carbocycles. The number of methoxy groups -OCH3 is 1. The molecule has 1 heterocycles. The monoisotopic (exact) mass is 434 g/mol. The van der Waals surface area contributed by atoms with E-state index in [0.717, 1.165) is 16.3 Å². The smallest absolute Gasteiger partial charge is 0.282 e. The van der Waals surface area contributed by atoms with Gasteiger partial charge >= 0.3 is 0 Å². The fraction of sp³-hybridized carbons (Fsp3) is 0.0714. The molecule has 4 aromatic carbocycles. The second kappa shape index (κ2) is 8.28. The van der Waals surface area contributed by atoms with E-state index in [1.807, 2.05) is 85.8 Å². The Morgan fingerprint density at radius 2 is 1.45 bits per heavy atom. The van der Waals surface area contributed by atoms with Crippen molar-refractivity contribution in [2.75, 3.05) is 17.3 Å². The Morgan fingerprint density at radius 3 is 2.24 bits per heavy atom. The fourth-order valence-electron chi connectivity index (χ4n) is 4.14. The lowest BCUT2D eigenvalue weighted by atomic mass is 10.0. The largest absolute Gasteiger partial charge is 0.495 e. The molecule has 1 N–H and O–H groups in total. The van der Waals surface area contributed by atoms with Crippen LogP contribution in [0.3, 0.4) is 0 Å². The van der Waals surface area contributed by atoms with Crippen LogP contribution in [0.4, 0.5) is 11.4 Å². The molecule has 0 aliphatic carbocycles. The third kappa shape index (κ3) is 3.53. The molecule has 0 aromatic heterocycles. The Balaban J connectivity index is 1.67. The summed E-state index contributed by atoms with van der Waals surface area (Å²) >= 11 is 0. The molecule has 0 fully saturated rings. The molecule has 5 rings (SSSR count). The number of anilines is 2. The summed E-state index contributed by atoms with van der Waals surface area (Å²) < 4.78 is 5.45. The van der Waals surface area contributed by atoms with Crippen molar-refractivity contribution in [3.05, 3.63) is 108 Å². The summed E-state index contributed by atoms with van der Waals surface area (Å²) in [5, 5.41) is 4.99. The van der Waals surface area contributed by atoms with Crippen LogP contribution < -0.4 is 15.0 Å². The highest BCUT2D eigenvalue weighted by atomic mass is 16.5. The van der Waals surface area contributed by atoms with Crippen molar-refractivity contribution in [3.63, 3.8) is 0 Å². The highest BCUT2D eigenvalue weighted by Crippen LogP contribution is 2.38. The SMILES string of the molecule is COc1ccccc1NC1=C(c2ccc(C)cc2)C(=O)N(c2cccc3ccccc23)C1=O. The van der Waals surface area contributed by atoms with Gasteiger partial charge in [0.25, 0.3) is 11.8 Å². The zero-order chi connectivity index (χ0) is 22.9. The van der Waals surface area contributed by atoms with E-state index >= 15 is 0 Å². The predicted octanol–water partition coefficient (Wildman–Crippen LogP) is 5.55. The number of carbonyl (C=O) groups excluding carboxylic acids is 2. The summed E-state index contributed by atoms with van der Waals surface area (Å²) in [6.07, 6.45) is 0. The van der Waals surface area contributed by atoms with E-state index in [1.165, 1.54) is 4.90 Å². The molecule has 0 bridgehead atoms. The Bertz CT molecular complexity index is 1420. The number of nitrogens with zero attached hydrogens (tertiary/aromatic N) is 1. The van der Waals surface area contributed by atoms with Crippen LogP contribution in [0.1, 0.15) is 11.1 Å². The minimum Gasteiger partial charge on any atom is -0.495 e. The average Bonchev–Trinajstić information content (AvgIpc) is 3.08. The summed E-state index contributed by atoms with van der Waals surface area (Å²) in [7, 11) is 1.57. The molecule has 33 heavy (non-hydrogen) atoms. The number of rotatable bonds is 5. The molecule has 4 aromatic rings. The third-order valence-corrected chi connectivity index (χ3v) is 5.80. The van der Waals surface area contributed by atoms with Crippen LogP contribution in [0.25, 0.3) is 16.3 Å². The number of nitrogens with one attached hydrogen (secondary N) is 1. The van der Waals surface area contributed by atoms with Crippen LogP contribution in [0, 0.1) is 6.92 Å². The first kappa shape index (κ1) is 20.5. The number of amides is 2. The Kier molecular flexibility index (Phi) is 5.15. The topological polar surface area (TPSA) is 58.6 Å². The van der Waals surface area contributed by atoms with Crippen LogP contribution in [0.5, 0.6) is 5.75 Å². The van der Waals surface area contributed by atoms with Gasteiger partial charge in [0.2, 0.25) is 0 Å². The maximum Gasteiger partial charge on any atom is 0.282 e. The minimum absolute atomic E-state index is 0.223. The summed E-state index contributed by atoms with van der Waals surface area (Å²) in [6, 6.07) is 28.3. The van der Waals surface area contributed by atoms with E-state index in [9.17, 15) is 9.59 Å². The van der Waals surface area contributed by atoms with Crippen LogP contribution >= 0.6 is 0 Å². The first-order chi connectivity index (χ1) is 16.1. The second-order valence-corrected chi connectivity index (χ2v) is 7.89. The van der Waals surface area contributed by atoms with Crippen LogP contribution in [-0.4, -0.2) is 18.9 Å². The van der Waals surface area contributed by atoms with Gasteiger partial charge in [-0.05, 0) is 36.1 Å². The number of benzene rings is 4. The first-order valence-electron chi connectivity index (χ1n) is 10.7. The summed E-state index contributed by atoms with van der Waals surface area (Å²) in [5.74, 6) is -0.187. The van der Waals surface area contributed by atoms with E-state index in [1.54, 1.807) is 19.2 Å². The Hall–Kier alpha value is -4.38. The molecule has 1 aliphatic heterocycles. The van der Waals surface area contributed by atoms with Gasteiger partial charge in [-0.25, -0.2) is 4.90 Å². The molecule has 5 heteroatoms. The van der Waals surface area contributed by atoms with Gasteiger partial charge in [0.15, 0.2) is 0 Å². The van der Waals surface area contributed by atoms with Gasteiger partial charge < -0.3 is 10.1 Å². The number of aryl methyl sites for hydroxylation is 1. The molecular weight excluding hydrogens is 412 g/mol. The zero-order valence-electron chi connectivity index (χ0n) is 18.3. The number of para-hydroxylation sites is 2. The van der Waals surface area contributed by atoms with E-state index < -0.39 is 5.91 Å². The molecule has 0 spiro atoms. The molecule has 2 amide bonds. The van der Waals surface area contributed by atoms with Crippen molar-refractivity contribution in [3.8, 4) is 5.75 Å². The molecule has 1 aliphatic rings. The van der Waals surface area contributed by atoms with Crippen molar-refractivity contribution >= 4 is 39.5 Å². The number of carbonyl (C=O) groups is 2. The van der Waals surface area contributed by atoms with E-state index in [4.69, 9.17) is 4.74 Å². The summed E-state index contributed by atoms with van der Waals surface area (Å²) in [5.41, 5.74) is 3.48. The first-order valence-corrected chi connectivity index (χ1v) is 10.7. The second-order valence-electron chi connectivity index (χ2n) is 7.89. The number of imide groups is 1. The van der Waals surface area contributed by atoms with Gasteiger partial charge in [0, 0.05) is 5.39 Å². The van der Waals surface area contributed by atoms with Crippen LogP contribution in [0.15, 0.2) is 96.7 Å². The quantitative estimate of drug-likeness (QED) is 0.418. The number of ether oxygens (including phenoxy) is 1. The molecule has 162 valence electrons. The van der Waals surface area contributed by atoms with Gasteiger partial charge in [-0.3, -0.25) is 9.59 Å². The van der Waals surface area contributed by atoms with Gasteiger partial charge in [0.1, 0.15) is 11.4 Å². The maximum atomic E-state index is 13.8. The zero-order valence-corrected chi connectivity index (χ0v) is 18.3. The minimum atomic E-state index is -0.405. The van der Waals surface area contributed by atoms with Crippen molar-refractivity contribution in [2.24, 2.45) is 0 Å². The normalized spacial score (nSPS) is 13.7. The van der Waals surface area contributed by atoms with Crippen molar-refractivity contribution in [2.45, 2.75) is 6.92 Å². The lowest BCUT2D eigenvalue weighted by Gasteiger charge is -2.18. The maximum absolute atomic E-state index is 13.8. The lowest BCUT2D eigenvalue weighted by Crippen LogP contribution is -2.32. The molecule has 0 saturated heterocycles. The Morgan fingerprint density at radius 1 is 0.758 bits per heavy atom. The van der Waals surface area contributed by atoms with Crippen molar-refractivity contribution in [1.29, 1.82) is 0 Å². The number of hydrogen-bond acceptors (Lipinski definition) is 4. The highest BCUT2D eigenvalue weighted by molar-refractivity contribution is 6.47. The Labute approximate surface area is 191 Å². The predicted molar refractivity (Wildman–Crippen MR) is 131 cm³/mol. The van der Waals surface area contributed by atoms with Gasteiger partial charge in [-0.1, -0.05) is 78.4 Å². The number of fused-ring (bicyclic) bond motifs is 1. The van der Waals surface area contributed by atoms with Crippen LogP contribution in [0.2, 0.25) is 0 Å². The summed E-state index contributed by atoms with van der Waals surface area (Å²) in [4.78, 5) is 28.8. The fourth-order valence-corrected chi connectivity index (χ4v) is 4.14. The van der Waals surface area contributed by atoms with E-state index in [0.29, 0.717) is 28.3 Å². The lowest BCUT2D eigenvalue weighted by molar-refractivity contribution is -0.120. The van der Waals surface area contributed by atoms with Gasteiger partial charge in [0.05, 0.1) is 24.1 Å². The van der Waals surface area contributed by atoms with E-state index in [-0.39, 0.29) is 11.6 Å². The average molecular weight is 434 g/mol. The van der Waals surface area contributed by atoms with Crippen molar-refractivity contribution < 1.29 is 14.3 Å². The molecular formula is C28H22N2O3. The third-order valence-electron chi connectivity index (χ3n) is 5.80. The molecule has 5 nitrogen and oxygen atoms in total. The van der Waals surface area contributed by atoms with Crippen molar-refractivity contribution in [1.82, 2.24) is 0 Å². The molecule has 0 unspecified atom stereocenters. The molecule has 0 atom stereocenters. The summed E-state index contributed by atoms with van der Waals surface area (Å²) in [6.45, 7) is 1.98. The van der Waals surface area contributed by atoms with Gasteiger partial charge in [-0.15, -0.1) is 0 Å².